The molecule has 2 unspecified atom stereocenters. The molecule has 0 fully saturated rings. The summed E-state index contributed by atoms with van der Waals surface area (Å²) >= 11 is 0. The molecule has 0 radical (unpaired) electrons. The van der Waals surface area contributed by atoms with Crippen LogP contribution in [0.2, 0.25) is 0 Å². The number of hydrogen-bond donors (Lipinski definition) is 1. The summed E-state index contributed by atoms with van der Waals surface area (Å²) in [5.74, 6) is 1.57. The monoisotopic (exact) mass is 281 g/mol. The molecule has 1 N–H and O–H groups in total. The number of fused-ring (bicyclic) bond motifs is 1. The Kier molecular flexibility index (Phi) is 4.56. The van der Waals surface area contributed by atoms with Gasteiger partial charge in [0.1, 0.15) is 11.9 Å². The van der Waals surface area contributed by atoms with E-state index in [4.69, 9.17) is 4.74 Å². The number of ether oxygens (including phenoxy) is 1. The van der Waals surface area contributed by atoms with Crippen LogP contribution in [0, 0.1) is 0 Å². The zero-order valence-corrected chi connectivity index (χ0v) is 12.6. The molecule has 0 spiro atoms. The van der Waals surface area contributed by atoms with Crippen molar-refractivity contribution >= 4 is 0 Å². The maximum atomic E-state index is 6.11. The summed E-state index contributed by atoms with van der Waals surface area (Å²) in [6.07, 6.45) is 2.39. The molecule has 21 heavy (non-hydrogen) atoms. The lowest BCUT2D eigenvalue weighted by Crippen LogP contribution is -2.26. The summed E-state index contributed by atoms with van der Waals surface area (Å²) in [5, 5.41) is 3.49. The standard InChI is InChI=1S/C19H23NO/c1-2-20-14-17(15-8-4-3-5-9-15)13-18-12-16-10-6-7-11-19(16)21-18/h3-11,17-18,20H,2,12-14H2,1H3. The Hall–Kier alpha value is -1.80. The molecule has 2 aromatic carbocycles. The Morgan fingerprint density at radius 2 is 1.86 bits per heavy atom. The van der Waals surface area contributed by atoms with E-state index in [0.717, 1.165) is 31.7 Å². The smallest absolute Gasteiger partial charge is 0.123 e. The fraction of sp³-hybridized carbons (Fsp3) is 0.368. The fourth-order valence-electron chi connectivity index (χ4n) is 3.08. The van der Waals surface area contributed by atoms with Crippen LogP contribution in [0.3, 0.4) is 0 Å². The van der Waals surface area contributed by atoms with Crippen molar-refractivity contribution in [3.8, 4) is 5.75 Å². The molecule has 2 heteroatoms. The van der Waals surface area contributed by atoms with Crippen LogP contribution in [-0.4, -0.2) is 19.2 Å². The van der Waals surface area contributed by atoms with Crippen molar-refractivity contribution in [2.45, 2.75) is 31.8 Å². The van der Waals surface area contributed by atoms with Crippen LogP contribution >= 0.6 is 0 Å². The zero-order valence-electron chi connectivity index (χ0n) is 12.6. The van der Waals surface area contributed by atoms with Crippen LogP contribution in [0.15, 0.2) is 54.6 Å². The molecule has 0 saturated heterocycles. The molecule has 1 aliphatic heterocycles. The van der Waals surface area contributed by atoms with Gasteiger partial charge in [-0.3, -0.25) is 0 Å². The van der Waals surface area contributed by atoms with E-state index in [9.17, 15) is 0 Å². The number of likely N-dealkylation sites (N-methyl/N-ethyl adjacent to an activating group) is 1. The average molecular weight is 281 g/mol. The van der Waals surface area contributed by atoms with Crippen molar-refractivity contribution in [1.82, 2.24) is 5.32 Å². The highest BCUT2D eigenvalue weighted by Crippen LogP contribution is 2.33. The third kappa shape index (κ3) is 3.45. The lowest BCUT2D eigenvalue weighted by Gasteiger charge is -2.21. The molecular weight excluding hydrogens is 258 g/mol. The summed E-state index contributed by atoms with van der Waals surface area (Å²) in [6.45, 7) is 4.18. The maximum Gasteiger partial charge on any atom is 0.123 e. The van der Waals surface area contributed by atoms with Crippen LogP contribution in [-0.2, 0) is 6.42 Å². The third-order valence-corrected chi connectivity index (χ3v) is 4.17. The Morgan fingerprint density at radius 1 is 1.10 bits per heavy atom. The number of benzene rings is 2. The SMILES string of the molecule is CCNCC(CC1Cc2ccccc2O1)c1ccccc1. The van der Waals surface area contributed by atoms with E-state index in [1.165, 1.54) is 11.1 Å². The van der Waals surface area contributed by atoms with E-state index in [2.05, 4.69) is 66.8 Å². The van der Waals surface area contributed by atoms with E-state index >= 15 is 0 Å². The predicted molar refractivity (Wildman–Crippen MR) is 86.9 cm³/mol. The van der Waals surface area contributed by atoms with Gasteiger partial charge in [-0.15, -0.1) is 0 Å². The summed E-state index contributed by atoms with van der Waals surface area (Å²) in [4.78, 5) is 0. The van der Waals surface area contributed by atoms with Gasteiger partial charge < -0.3 is 10.1 Å². The highest BCUT2D eigenvalue weighted by Gasteiger charge is 2.26. The summed E-state index contributed by atoms with van der Waals surface area (Å²) in [5.41, 5.74) is 2.75. The van der Waals surface area contributed by atoms with Gasteiger partial charge in [-0.05, 0) is 36.1 Å². The minimum atomic E-state index is 0.297. The highest BCUT2D eigenvalue weighted by molar-refractivity contribution is 5.37. The quantitative estimate of drug-likeness (QED) is 0.870. The minimum absolute atomic E-state index is 0.297. The molecule has 3 rings (SSSR count). The molecule has 1 heterocycles. The van der Waals surface area contributed by atoms with E-state index in [0.29, 0.717) is 12.0 Å². The van der Waals surface area contributed by atoms with E-state index in [1.54, 1.807) is 0 Å². The van der Waals surface area contributed by atoms with Crippen molar-refractivity contribution in [1.29, 1.82) is 0 Å². The maximum absolute atomic E-state index is 6.11. The van der Waals surface area contributed by atoms with Gasteiger partial charge in [-0.1, -0.05) is 55.5 Å². The molecule has 110 valence electrons. The average Bonchev–Trinajstić information content (AvgIpc) is 2.94. The van der Waals surface area contributed by atoms with Gasteiger partial charge in [0.05, 0.1) is 0 Å². The molecule has 0 amide bonds. The van der Waals surface area contributed by atoms with Crippen molar-refractivity contribution in [3.63, 3.8) is 0 Å². The molecule has 2 nitrogen and oxygen atoms in total. The van der Waals surface area contributed by atoms with Gasteiger partial charge in [-0.2, -0.15) is 0 Å². The predicted octanol–water partition coefficient (Wildman–Crippen LogP) is 3.77. The van der Waals surface area contributed by atoms with Crippen LogP contribution in [0.4, 0.5) is 0 Å². The summed E-state index contributed by atoms with van der Waals surface area (Å²) in [7, 11) is 0. The first-order chi connectivity index (χ1) is 10.4. The summed E-state index contributed by atoms with van der Waals surface area (Å²) < 4.78 is 6.11. The second kappa shape index (κ2) is 6.77. The highest BCUT2D eigenvalue weighted by atomic mass is 16.5. The largest absolute Gasteiger partial charge is 0.490 e. The lowest BCUT2D eigenvalue weighted by atomic mass is 9.91. The second-order valence-electron chi connectivity index (χ2n) is 5.70. The Morgan fingerprint density at radius 3 is 2.62 bits per heavy atom. The first-order valence-electron chi connectivity index (χ1n) is 7.87. The van der Waals surface area contributed by atoms with Gasteiger partial charge in [0.15, 0.2) is 0 Å². The third-order valence-electron chi connectivity index (χ3n) is 4.17. The molecular formula is C19H23NO. The van der Waals surface area contributed by atoms with Gasteiger partial charge in [0, 0.05) is 13.0 Å². The number of hydrogen-bond acceptors (Lipinski definition) is 2. The second-order valence-corrected chi connectivity index (χ2v) is 5.70. The van der Waals surface area contributed by atoms with Crippen LogP contribution < -0.4 is 10.1 Å². The van der Waals surface area contributed by atoms with E-state index in [-0.39, 0.29) is 0 Å². The van der Waals surface area contributed by atoms with Crippen molar-refractivity contribution < 1.29 is 4.74 Å². The lowest BCUT2D eigenvalue weighted by molar-refractivity contribution is 0.208. The molecule has 1 aliphatic rings. The molecule has 2 atom stereocenters. The van der Waals surface area contributed by atoms with E-state index < -0.39 is 0 Å². The van der Waals surface area contributed by atoms with Gasteiger partial charge >= 0.3 is 0 Å². The Balaban J connectivity index is 1.68. The molecule has 0 aromatic heterocycles. The van der Waals surface area contributed by atoms with Crippen LogP contribution in [0.5, 0.6) is 5.75 Å². The van der Waals surface area contributed by atoms with Crippen LogP contribution in [0.1, 0.15) is 30.4 Å². The van der Waals surface area contributed by atoms with Gasteiger partial charge in [-0.25, -0.2) is 0 Å². The topological polar surface area (TPSA) is 21.3 Å². The van der Waals surface area contributed by atoms with Gasteiger partial charge in [0.25, 0.3) is 0 Å². The first kappa shape index (κ1) is 14.2. The minimum Gasteiger partial charge on any atom is -0.490 e. The molecule has 0 saturated carbocycles. The molecule has 0 aliphatic carbocycles. The van der Waals surface area contributed by atoms with Gasteiger partial charge in [0.2, 0.25) is 0 Å². The molecule has 2 aromatic rings. The van der Waals surface area contributed by atoms with Crippen molar-refractivity contribution in [2.75, 3.05) is 13.1 Å². The van der Waals surface area contributed by atoms with Crippen molar-refractivity contribution in [2.24, 2.45) is 0 Å². The number of rotatable bonds is 6. The first-order valence-corrected chi connectivity index (χ1v) is 7.87. The number of para-hydroxylation sites is 1. The van der Waals surface area contributed by atoms with E-state index in [1.807, 2.05) is 0 Å². The Labute approximate surface area is 127 Å². The normalized spacial score (nSPS) is 18.0. The number of nitrogens with one attached hydrogen (secondary N) is 1. The fourth-order valence-corrected chi connectivity index (χ4v) is 3.08. The van der Waals surface area contributed by atoms with Crippen LogP contribution in [0.25, 0.3) is 0 Å². The zero-order chi connectivity index (χ0) is 14.5. The van der Waals surface area contributed by atoms with Crippen molar-refractivity contribution in [3.05, 3.63) is 65.7 Å². The molecule has 0 bridgehead atoms. The summed E-state index contributed by atoms with van der Waals surface area (Å²) in [6, 6.07) is 19.2. The Bertz CT molecular complexity index is 542.